The quantitative estimate of drug-likeness (QED) is 0.391. The van der Waals surface area contributed by atoms with E-state index < -0.39 is 41.5 Å². The van der Waals surface area contributed by atoms with Gasteiger partial charge in [0.1, 0.15) is 0 Å². The van der Waals surface area contributed by atoms with Gasteiger partial charge in [-0.15, -0.1) is 0 Å². The standard InChI is InChI=1S/C12H14O8/c1-5-6(9(13)17-2)8(12(16)19-4)20-11(15)7(5)10(14)18-3/h5,7H,1-4H3. The van der Waals surface area contributed by atoms with E-state index in [4.69, 9.17) is 4.74 Å². The topological polar surface area (TPSA) is 105 Å². The van der Waals surface area contributed by atoms with Crippen LogP contribution in [0.25, 0.3) is 0 Å². The Morgan fingerprint density at radius 2 is 1.55 bits per heavy atom. The van der Waals surface area contributed by atoms with Crippen LogP contribution < -0.4 is 0 Å². The molecule has 2 atom stereocenters. The third-order valence-corrected chi connectivity index (χ3v) is 2.89. The van der Waals surface area contributed by atoms with Gasteiger partial charge in [-0.05, 0) is 0 Å². The highest BCUT2D eigenvalue weighted by atomic mass is 16.6. The Labute approximate surface area is 114 Å². The number of esters is 4. The zero-order chi connectivity index (χ0) is 15.4. The molecule has 1 heterocycles. The molecule has 8 heteroatoms. The molecule has 0 fully saturated rings. The largest absolute Gasteiger partial charge is 0.468 e. The average Bonchev–Trinajstić information content (AvgIpc) is 2.44. The molecule has 2 unspecified atom stereocenters. The van der Waals surface area contributed by atoms with Crippen LogP contribution in [0.15, 0.2) is 11.3 Å². The summed E-state index contributed by atoms with van der Waals surface area (Å²) in [5, 5.41) is 0. The summed E-state index contributed by atoms with van der Waals surface area (Å²) >= 11 is 0. The van der Waals surface area contributed by atoms with Gasteiger partial charge in [-0.2, -0.15) is 0 Å². The van der Waals surface area contributed by atoms with Crippen LogP contribution >= 0.6 is 0 Å². The van der Waals surface area contributed by atoms with E-state index in [0.717, 1.165) is 21.3 Å². The lowest BCUT2D eigenvalue weighted by Crippen LogP contribution is -2.41. The van der Waals surface area contributed by atoms with Gasteiger partial charge in [0.15, 0.2) is 5.92 Å². The number of cyclic esters (lactones) is 1. The monoisotopic (exact) mass is 286 g/mol. The zero-order valence-electron chi connectivity index (χ0n) is 11.4. The molecular formula is C12H14O8. The first-order valence-corrected chi connectivity index (χ1v) is 5.59. The smallest absolute Gasteiger partial charge is 0.374 e. The fraction of sp³-hybridized carbons (Fsp3) is 0.500. The van der Waals surface area contributed by atoms with Gasteiger partial charge < -0.3 is 18.9 Å². The van der Waals surface area contributed by atoms with Crippen molar-refractivity contribution in [3.63, 3.8) is 0 Å². The van der Waals surface area contributed by atoms with Gasteiger partial charge in [-0.25, -0.2) is 9.59 Å². The molecule has 1 aliphatic rings. The highest BCUT2D eigenvalue weighted by Gasteiger charge is 2.47. The van der Waals surface area contributed by atoms with Gasteiger partial charge in [0.2, 0.25) is 5.76 Å². The summed E-state index contributed by atoms with van der Waals surface area (Å²) in [6.45, 7) is 1.41. The second kappa shape index (κ2) is 6.18. The van der Waals surface area contributed by atoms with E-state index in [1.54, 1.807) is 0 Å². The van der Waals surface area contributed by atoms with Crippen molar-refractivity contribution in [2.75, 3.05) is 21.3 Å². The number of carbonyl (C=O) groups excluding carboxylic acids is 4. The van der Waals surface area contributed by atoms with Crippen LogP contribution in [0, 0.1) is 11.8 Å². The van der Waals surface area contributed by atoms with Gasteiger partial charge >= 0.3 is 23.9 Å². The van der Waals surface area contributed by atoms with E-state index in [0.29, 0.717) is 0 Å². The number of ether oxygens (including phenoxy) is 4. The van der Waals surface area contributed by atoms with Crippen molar-refractivity contribution in [2.24, 2.45) is 11.8 Å². The van der Waals surface area contributed by atoms with Crippen molar-refractivity contribution in [1.82, 2.24) is 0 Å². The number of rotatable bonds is 3. The maximum absolute atomic E-state index is 11.8. The predicted octanol–water partition coefficient (Wildman–Crippen LogP) is -0.431. The molecule has 0 aliphatic carbocycles. The zero-order valence-corrected chi connectivity index (χ0v) is 11.4. The van der Waals surface area contributed by atoms with Crippen molar-refractivity contribution in [3.8, 4) is 0 Å². The summed E-state index contributed by atoms with van der Waals surface area (Å²) in [5.74, 6) is -6.61. The first-order valence-electron chi connectivity index (χ1n) is 5.59. The van der Waals surface area contributed by atoms with Gasteiger partial charge in [0, 0.05) is 5.92 Å². The van der Waals surface area contributed by atoms with Crippen molar-refractivity contribution in [3.05, 3.63) is 11.3 Å². The molecule has 0 amide bonds. The molecule has 1 rings (SSSR count). The molecule has 0 bridgehead atoms. The number of hydrogen-bond acceptors (Lipinski definition) is 8. The summed E-state index contributed by atoms with van der Waals surface area (Å²) in [7, 11) is 3.26. The maximum atomic E-state index is 11.8. The molecular weight excluding hydrogens is 272 g/mol. The Morgan fingerprint density at radius 1 is 1.00 bits per heavy atom. The predicted molar refractivity (Wildman–Crippen MR) is 61.8 cm³/mol. The molecule has 0 saturated carbocycles. The van der Waals surface area contributed by atoms with Gasteiger partial charge in [0.05, 0.1) is 26.9 Å². The minimum atomic E-state index is -1.34. The van der Waals surface area contributed by atoms with E-state index in [1.807, 2.05) is 0 Å². The molecule has 20 heavy (non-hydrogen) atoms. The number of methoxy groups -OCH3 is 3. The lowest BCUT2D eigenvalue weighted by atomic mass is 9.84. The third kappa shape index (κ3) is 2.63. The number of carbonyl (C=O) groups is 4. The van der Waals surface area contributed by atoms with Gasteiger partial charge in [-0.1, -0.05) is 6.92 Å². The van der Waals surface area contributed by atoms with E-state index >= 15 is 0 Å². The first kappa shape index (κ1) is 15.7. The molecule has 0 radical (unpaired) electrons. The molecule has 0 saturated heterocycles. The third-order valence-electron chi connectivity index (χ3n) is 2.89. The molecule has 0 spiro atoms. The molecule has 8 nitrogen and oxygen atoms in total. The normalized spacial score (nSPS) is 21.9. The Bertz CT molecular complexity index is 490. The minimum Gasteiger partial charge on any atom is -0.468 e. The summed E-state index contributed by atoms with van der Waals surface area (Å²) < 4.78 is 18.2. The van der Waals surface area contributed by atoms with E-state index in [2.05, 4.69) is 14.2 Å². The molecule has 0 aromatic rings. The van der Waals surface area contributed by atoms with Gasteiger partial charge in [0.25, 0.3) is 0 Å². The second-order valence-electron chi connectivity index (χ2n) is 3.94. The fourth-order valence-electron chi connectivity index (χ4n) is 1.86. The van der Waals surface area contributed by atoms with E-state index in [-0.39, 0.29) is 5.57 Å². The van der Waals surface area contributed by atoms with Crippen LogP contribution in [0.5, 0.6) is 0 Å². The van der Waals surface area contributed by atoms with Crippen molar-refractivity contribution in [1.29, 1.82) is 0 Å². The molecule has 0 aromatic heterocycles. The minimum absolute atomic E-state index is 0.241. The first-order chi connectivity index (χ1) is 9.38. The van der Waals surface area contributed by atoms with Gasteiger partial charge in [-0.3, -0.25) is 9.59 Å². The Balaban J connectivity index is 3.36. The second-order valence-corrected chi connectivity index (χ2v) is 3.94. The lowest BCUT2D eigenvalue weighted by molar-refractivity contribution is -0.166. The van der Waals surface area contributed by atoms with Crippen LogP contribution in [-0.2, 0) is 38.1 Å². The molecule has 0 aromatic carbocycles. The molecule has 0 N–H and O–H groups in total. The highest BCUT2D eigenvalue weighted by Crippen LogP contribution is 2.33. The summed E-state index contributed by atoms with van der Waals surface area (Å²) in [6.07, 6.45) is 0. The van der Waals surface area contributed by atoms with Crippen molar-refractivity contribution >= 4 is 23.9 Å². The van der Waals surface area contributed by atoms with Crippen LogP contribution in [0.1, 0.15) is 6.92 Å². The lowest BCUT2D eigenvalue weighted by Gasteiger charge is -2.27. The van der Waals surface area contributed by atoms with E-state index in [1.165, 1.54) is 6.92 Å². The molecule has 1 aliphatic heterocycles. The van der Waals surface area contributed by atoms with Crippen molar-refractivity contribution < 1.29 is 38.1 Å². The van der Waals surface area contributed by atoms with Crippen LogP contribution in [0.4, 0.5) is 0 Å². The highest BCUT2D eigenvalue weighted by molar-refractivity contribution is 6.06. The molecule has 110 valence electrons. The SMILES string of the molecule is COC(=O)C1=C(C(=O)OC)C(C)C(C(=O)OC)C(=O)O1. The van der Waals surface area contributed by atoms with E-state index in [9.17, 15) is 19.2 Å². The number of hydrogen-bond donors (Lipinski definition) is 0. The van der Waals surface area contributed by atoms with Crippen molar-refractivity contribution in [2.45, 2.75) is 6.92 Å². The van der Waals surface area contributed by atoms with Crippen LogP contribution in [0.2, 0.25) is 0 Å². The fourth-order valence-corrected chi connectivity index (χ4v) is 1.86. The summed E-state index contributed by atoms with van der Waals surface area (Å²) in [4.78, 5) is 46.6. The maximum Gasteiger partial charge on any atom is 0.374 e. The Morgan fingerprint density at radius 3 is 2.00 bits per heavy atom. The van der Waals surface area contributed by atoms with Crippen LogP contribution in [-0.4, -0.2) is 45.2 Å². The average molecular weight is 286 g/mol. The Hall–Kier alpha value is -2.38. The summed E-state index contributed by atoms with van der Waals surface area (Å²) in [6, 6.07) is 0. The van der Waals surface area contributed by atoms with Crippen LogP contribution in [0.3, 0.4) is 0 Å². The Kier molecular flexibility index (Phi) is 4.84. The summed E-state index contributed by atoms with van der Waals surface area (Å²) in [5.41, 5.74) is -0.241.